The smallest absolute Gasteiger partial charge is 0.254 e. The number of hydrogen-bond acceptors (Lipinski definition) is 5. The number of likely N-dealkylation sites (N-methyl/N-ethyl adjacent to an activating group) is 1. The monoisotopic (exact) mass is 421 g/mol. The number of nitrogens with zero attached hydrogens (tertiary/aromatic N) is 5. The Bertz CT molecular complexity index is 1040. The van der Waals surface area contributed by atoms with Crippen molar-refractivity contribution in [1.82, 2.24) is 24.1 Å². The summed E-state index contributed by atoms with van der Waals surface area (Å²) >= 11 is 0. The van der Waals surface area contributed by atoms with Gasteiger partial charge in [0.2, 0.25) is 5.91 Å². The Balaban J connectivity index is 1.34. The molecule has 1 aliphatic rings. The summed E-state index contributed by atoms with van der Waals surface area (Å²) < 4.78 is 7.83. The van der Waals surface area contributed by atoms with E-state index in [1.54, 1.807) is 17.0 Å². The van der Waals surface area contributed by atoms with Crippen molar-refractivity contribution in [2.24, 2.45) is 0 Å². The topological polar surface area (TPSA) is 70.4 Å². The second-order valence-electron chi connectivity index (χ2n) is 7.93. The molecule has 0 bridgehead atoms. The first-order valence-electron chi connectivity index (χ1n) is 10.4. The Hall–Kier alpha value is -3.39. The Kier molecular flexibility index (Phi) is 6.18. The normalized spacial score (nSPS) is 14.3. The van der Waals surface area contributed by atoms with Gasteiger partial charge in [0, 0.05) is 44.1 Å². The molecule has 31 heavy (non-hydrogen) atoms. The number of benzene rings is 1. The number of carbonyl (C=O) groups is 2. The number of imidazole rings is 1. The van der Waals surface area contributed by atoms with Crippen LogP contribution in [-0.4, -0.2) is 82.7 Å². The zero-order valence-electron chi connectivity index (χ0n) is 17.9. The van der Waals surface area contributed by atoms with E-state index < -0.39 is 0 Å². The predicted octanol–water partition coefficient (Wildman–Crippen LogP) is 1.76. The highest BCUT2D eigenvalue weighted by Crippen LogP contribution is 2.18. The lowest BCUT2D eigenvalue weighted by Crippen LogP contribution is -2.52. The number of ether oxygens (including phenoxy) is 1. The Morgan fingerprint density at radius 1 is 1.03 bits per heavy atom. The predicted molar refractivity (Wildman–Crippen MR) is 117 cm³/mol. The number of rotatable bonds is 6. The van der Waals surface area contributed by atoms with Crippen LogP contribution in [0.25, 0.3) is 5.65 Å². The standard InChI is InChI=1S/C23H27N5O3/c1-25(2)16-22(29)26-10-12-27(13-11-26)23(30)18-6-5-7-20(14-18)31-17-19-15-28-9-4-3-8-21(28)24-19/h3-9,14-15H,10-13,16-17H2,1-2H3. The van der Waals surface area contributed by atoms with Crippen LogP contribution in [0.3, 0.4) is 0 Å². The molecule has 8 nitrogen and oxygen atoms in total. The van der Waals surface area contributed by atoms with E-state index in [-0.39, 0.29) is 11.8 Å². The van der Waals surface area contributed by atoms with Crippen molar-refractivity contribution < 1.29 is 14.3 Å². The molecule has 1 aromatic carbocycles. The Morgan fingerprint density at radius 3 is 2.55 bits per heavy atom. The van der Waals surface area contributed by atoms with Gasteiger partial charge in [-0.1, -0.05) is 12.1 Å². The van der Waals surface area contributed by atoms with Crippen LogP contribution in [0.4, 0.5) is 0 Å². The Morgan fingerprint density at radius 2 is 1.81 bits per heavy atom. The molecule has 1 saturated heterocycles. The second-order valence-corrected chi connectivity index (χ2v) is 7.93. The molecule has 2 aromatic heterocycles. The number of amides is 2. The number of fused-ring (bicyclic) bond motifs is 1. The van der Waals surface area contributed by atoms with Crippen molar-refractivity contribution in [3.63, 3.8) is 0 Å². The van der Waals surface area contributed by atoms with E-state index in [1.807, 2.05) is 71.0 Å². The van der Waals surface area contributed by atoms with Crippen molar-refractivity contribution in [3.8, 4) is 5.75 Å². The molecule has 3 aromatic rings. The zero-order valence-corrected chi connectivity index (χ0v) is 17.9. The van der Waals surface area contributed by atoms with E-state index in [2.05, 4.69) is 4.98 Å². The highest BCUT2D eigenvalue weighted by molar-refractivity contribution is 5.94. The van der Waals surface area contributed by atoms with Crippen molar-refractivity contribution in [2.45, 2.75) is 6.61 Å². The van der Waals surface area contributed by atoms with Crippen molar-refractivity contribution in [1.29, 1.82) is 0 Å². The lowest BCUT2D eigenvalue weighted by Gasteiger charge is -2.35. The molecule has 4 rings (SSSR count). The molecular weight excluding hydrogens is 394 g/mol. The average molecular weight is 422 g/mol. The van der Waals surface area contributed by atoms with Gasteiger partial charge in [-0.05, 0) is 44.4 Å². The van der Waals surface area contributed by atoms with Gasteiger partial charge in [0.05, 0.1) is 12.2 Å². The molecule has 8 heteroatoms. The fourth-order valence-corrected chi connectivity index (χ4v) is 3.64. The van der Waals surface area contributed by atoms with Crippen LogP contribution in [0.15, 0.2) is 54.9 Å². The molecular formula is C23H27N5O3. The van der Waals surface area contributed by atoms with Gasteiger partial charge in [0.25, 0.3) is 5.91 Å². The molecule has 2 amide bonds. The van der Waals surface area contributed by atoms with Gasteiger partial charge in [-0.15, -0.1) is 0 Å². The fraction of sp³-hybridized carbons (Fsp3) is 0.348. The van der Waals surface area contributed by atoms with E-state index in [4.69, 9.17) is 4.74 Å². The molecule has 162 valence electrons. The van der Waals surface area contributed by atoms with Crippen LogP contribution < -0.4 is 4.74 Å². The molecule has 0 radical (unpaired) electrons. The summed E-state index contributed by atoms with van der Waals surface area (Å²) in [5.74, 6) is 0.681. The van der Waals surface area contributed by atoms with Gasteiger partial charge in [-0.3, -0.25) is 9.59 Å². The van der Waals surface area contributed by atoms with Crippen LogP contribution in [-0.2, 0) is 11.4 Å². The highest BCUT2D eigenvalue weighted by atomic mass is 16.5. The molecule has 3 heterocycles. The Labute approximate surface area is 181 Å². The van der Waals surface area contributed by atoms with E-state index in [0.29, 0.717) is 50.6 Å². The maximum absolute atomic E-state index is 12.9. The fourth-order valence-electron chi connectivity index (χ4n) is 3.64. The maximum Gasteiger partial charge on any atom is 0.254 e. The van der Waals surface area contributed by atoms with Gasteiger partial charge in [-0.25, -0.2) is 4.98 Å². The van der Waals surface area contributed by atoms with Crippen LogP contribution in [0.5, 0.6) is 5.75 Å². The first-order chi connectivity index (χ1) is 15.0. The molecule has 0 spiro atoms. The lowest BCUT2D eigenvalue weighted by molar-refractivity contribution is -0.133. The third kappa shape index (κ3) is 5.03. The molecule has 0 saturated carbocycles. The van der Waals surface area contributed by atoms with Gasteiger partial charge in [-0.2, -0.15) is 0 Å². The van der Waals surface area contributed by atoms with E-state index >= 15 is 0 Å². The molecule has 1 fully saturated rings. The van der Waals surface area contributed by atoms with Crippen molar-refractivity contribution in [2.75, 3.05) is 46.8 Å². The summed E-state index contributed by atoms with van der Waals surface area (Å²) in [6, 6.07) is 13.1. The minimum Gasteiger partial charge on any atom is -0.487 e. The van der Waals surface area contributed by atoms with Crippen molar-refractivity contribution >= 4 is 17.5 Å². The highest BCUT2D eigenvalue weighted by Gasteiger charge is 2.25. The van der Waals surface area contributed by atoms with E-state index in [9.17, 15) is 9.59 Å². The van der Waals surface area contributed by atoms with Gasteiger partial charge in [0.15, 0.2) is 0 Å². The molecule has 0 aliphatic carbocycles. The van der Waals surface area contributed by atoms with Gasteiger partial charge < -0.3 is 23.8 Å². The van der Waals surface area contributed by atoms with Crippen molar-refractivity contribution in [3.05, 3.63) is 66.1 Å². The quantitative estimate of drug-likeness (QED) is 0.607. The van der Waals surface area contributed by atoms with Crippen LogP contribution in [0.1, 0.15) is 16.1 Å². The van der Waals surface area contributed by atoms with Gasteiger partial charge >= 0.3 is 0 Å². The summed E-state index contributed by atoms with van der Waals surface area (Å²) in [6.45, 7) is 2.89. The average Bonchev–Trinajstić information content (AvgIpc) is 3.20. The minimum absolute atomic E-state index is 0.0436. The maximum atomic E-state index is 12.9. The first-order valence-corrected chi connectivity index (χ1v) is 10.4. The van der Waals surface area contributed by atoms with E-state index in [1.165, 1.54) is 0 Å². The van der Waals surface area contributed by atoms with E-state index in [0.717, 1.165) is 11.3 Å². The van der Waals surface area contributed by atoms with Gasteiger partial charge in [0.1, 0.15) is 18.0 Å². The lowest BCUT2D eigenvalue weighted by atomic mass is 10.1. The molecule has 0 unspecified atom stereocenters. The summed E-state index contributed by atoms with van der Waals surface area (Å²) in [4.78, 5) is 35.1. The molecule has 1 aliphatic heterocycles. The number of aromatic nitrogens is 2. The summed E-state index contributed by atoms with van der Waals surface area (Å²) in [5.41, 5.74) is 2.27. The number of pyridine rings is 1. The van der Waals surface area contributed by atoms with Crippen LogP contribution in [0, 0.1) is 0 Å². The molecule has 0 N–H and O–H groups in total. The third-order valence-electron chi connectivity index (χ3n) is 5.25. The minimum atomic E-state index is -0.0436. The first kappa shape index (κ1) is 20.9. The van der Waals surface area contributed by atoms with Crippen LogP contribution >= 0.6 is 0 Å². The number of piperazine rings is 1. The number of carbonyl (C=O) groups excluding carboxylic acids is 2. The van der Waals surface area contributed by atoms with Crippen LogP contribution in [0.2, 0.25) is 0 Å². The largest absolute Gasteiger partial charge is 0.487 e. The summed E-state index contributed by atoms with van der Waals surface area (Å²) in [6.07, 6.45) is 3.88. The second kappa shape index (κ2) is 9.18. The summed E-state index contributed by atoms with van der Waals surface area (Å²) in [5, 5.41) is 0. The third-order valence-corrected chi connectivity index (χ3v) is 5.25. The SMILES string of the molecule is CN(C)CC(=O)N1CCN(C(=O)c2cccc(OCc3cn4ccccc4n3)c2)CC1. The summed E-state index contributed by atoms with van der Waals surface area (Å²) in [7, 11) is 3.75. The zero-order chi connectivity index (χ0) is 21.8. The number of hydrogen-bond donors (Lipinski definition) is 0. The molecule has 0 atom stereocenters.